The van der Waals surface area contributed by atoms with Crippen molar-refractivity contribution in [2.45, 2.75) is 19.2 Å². The van der Waals surface area contributed by atoms with Crippen LogP contribution in [0.15, 0.2) is 34.6 Å². The predicted molar refractivity (Wildman–Crippen MR) is 67.7 cm³/mol. The van der Waals surface area contributed by atoms with Gasteiger partial charge >= 0.3 is 11.9 Å². The van der Waals surface area contributed by atoms with Crippen molar-refractivity contribution in [2.24, 2.45) is 0 Å². The van der Waals surface area contributed by atoms with E-state index in [1.165, 1.54) is 13.1 Å². The molecule has 0 aromatic rings. The lowest BCUT2D eigenvalue weighted by molar-refractivity contribution is -0.138. The van der Waals surface area contributed by atoms with Crippen LogP contribution in [-0.2, 0) is 19.1 Å². The summed E-state index contributed by atoms with van der Waals surface area (Å²) < 4.78 is 10.0. The van der Waals surface area contributed by atoms with Crippen molar-refractivity contribution in [3.63, 3.8) is 0 Å². The summed E-state index contributed by atoms with van der Waals surface area (Å²) in [6.45, 7) is 3.17. The largest absolute Gasteiger partial charge is 0.462 e. The Morgan fingerprint density at radius 1 is 1.53 bits per heavy atom. The van der Waals surface area contributed by atoms with Crippen LogP contribution in [-0.4, -0.2) is 34.2 Å². The van der Waals surface area contributed by atoms with Crippen LogP contribution < -0.4 is 0 Å². The maximum atomic E-state index is 11.8. The van der Waals surface area contributed by atoms with Crippen LogP contribution in [0.5, 0.6) is 0 Å². The molecular weight excluding hydrogens is 270 g/mol. The van der Waals surface area contributed by atoms with Gasteiger partial charge in [0.05, 0.1) is 6.61 Å². The Bertz CT molecular complexity index is 508. The van der Waals surface area contributed by atoms with Gasteiger partial charge in [-0.1, -0.05) is 17.8 Å². The van der Waals surface area contributed by atoms with Crippen LogP contribution in [0, 0.1) is 0 Å². The van der Waals surface area contributed by atoms with E-state index in [2.05, 4.69) is 0 Å². The zero-order chi connectivity index (χ0) is 14.0. The number of ether oxygens (including phenoxy) is 2. The third kappa shape index (κ3) is 2.66. The number of rotatable bonds is 3. The van der Waals surface area contributed by atoms with Crippen LogP contribution in [0.1, 0.15) is 13.8 Å². The molecule has 0 radical (unpaired) electrons. The van der Waals surface area contributed by atoms with Gasteiger partial charge in [0.2, 0.25) is 0 Å². The van der Waals surface area contributed by atoms with Crippen LogP contribution in [0.25, 0.3) is 0 Å². The minimum absolute atomic E-state index is 0.157. The quantitative estimate of drug-likeness (QED) is 0.787. The molecule has 1 atom stereocenters. The first kappa shape index (κ1) is 13.7. The Labute approximate surface area is 114 Å². The minimum atomic E-state index is -0.563. The van der Waals surface area contributed by atoms with E-state index in [1.54, 1.807) is 19.1 Å². The van der Waals surface area contributed by atoms with E-state index >= 15 is 0 Å². The van der Waals surface area contributed by atoms with Crippen molar-refractivity contribution >= 4 is 23.7 Å². The highest BCUT2D eigenvalue weighted by Crippen LogP contribution is 2.45. The molecule has 0 aromatic heterocycles. The summed E-state index contributed by atoms with van der Waals surface area (Å²) in [4.78, 5) is 23.2. The Hall–Kier alpha value is -1.73. The van der Waals surface area contributed by atoms with Crippen LogP contribution in [0.3, 0.4) is 0 Å². The summed E-state index contributed by atoms with van der Waals surface area (Å²) in [7, 11) is 0. The topological polar surface area (TPSA) is 76.1 Å². The third-order valence-electron chi connectivity index (χ3n) is 2.43. The molecule has 2 heterocycles. The number of nitrogens with zero attached hydrogens (tertiary/aromatic N) is 1. The molecule has 7 heteroatoms. The van der Waals surface area contributed by atoms with E-state index in [0.29, 0.717) is 5.57 Å². The molecule has 0 amide bonds. The fraction of sp³-hybridized carbons (Fsp3) is 0.333. The molecule has 0 bridgehead atoms. The van der Waals surface area contributed by atoms with Gasteiger partial charge in [0, 0.05) is 18.7 Å². The Kier molecular flexibility index (Phi) is 3.96. The van der Waals surface area contributed by atoms with Crippen molar-refractivity contribution in [3.05, 3.63) is 34.6 Å². The van der Waals surface area contributed by atoms with E-state index in [-0.39, 0.29) is 17.3 Å². The van der Waals surface area contributed by atoms with Gasteiger partial charge < -0.3 is 9.47 Å². The van der Waals surface area contributed by atoms with Gasteiger partial charge in [-0.05, 0) is 13.0 Å². The Morgan fingerprint density at radius 3 is 2.89 bits per heavy atom. The van der Waals surface area contributed by atoms with Crippen molar-refractivity contribution in [3.8, 4) is 0 Å². The molecule has 0 spiro atoms. The normalized spacial score (nSPS) is 21.1. The molecular formula is C12H13NO5S. The molecule has 102 valence electrons. The average molecular weight is 283 g/mol. The summed E-state index contributed by atoms with van der Waals surface area (Å²) >= 11 is 1.09. The molecule has 2 aliphatic heterocycles. The number of allylic oxidation sites excluding steroid dienone is 2. The van der Waals surface area contributed by atoms with Gasteiger partial charge in [0.15, 0.2) is 5.76 Å². The summed E-state index contributed by atoms with van der Waals surface area (Å²) in [5.74, 6) is -0.935. The maximum Gasteiger partial charge on any atom is 0.348 e. The lowest BCUT2D eigenvalue weighted by atomic mass is 10.1. The zero-order valence-electron chi connectivity index (χ0n) is 10.5. The van der Waals surface area contributed by atoms with E-state index in [4.69, 9.17) is 9.47 Å². The molecule has 2 rings (SSSR count). The van der Waals surface area contributed by atoms with Gasteiger partial charge in [-0.15, -0.1) is 0 Å². The molecule has 0 aromatic carbocycles. The maximum absolute atomic E-state index is 11.8. The molecule has 19 heavy (non-hydrogen) atoms. The van der Waals surface area contributed by atoms with E-state index in [9.17, 15) is 14.8 Å². The molecule has 1 N–H and O–H groups in total. The van der Waals surface area contributed by atoms with Crippen molar-refractivity contribution in [2.75, 3.05) is 6.61 Å². The number of fused-ring (bicyclic) bond motifs is 1. The lowest BCUT2D eigenvalue weighted by Crippen LogP contribution is -2.26. The SMILES string of the molecule is CCOC(=O)C1=C(OC(C)=O)C2=CC=CN(O)C2S1. The number of thioether (sulfide) groups is 1. The van der Waals surface area contributed by atoms with E-state index < -0.39 is 17.3 Å². The second-order valence-electron chi connectivity index (χ2n) is 3.79. The van der Waals surface area contributed by atoms with Gasteiger partial charge in [0.1, 0.15) is 10.3 Å². The molecule has 6 nitrogen and oxygen atoms in total. The average Bonchev–Trinajstić information content (AvgIpc) is 2.70. The summed E-state index contributed by atoms with van der Waals surface area (Å²) in [6, 6.07) is 0. The number of hydrogen-bond acceptors (Lipinski definition) is 7. The molecule has 0 fully saturated rings. The summed E-state index contributed by atoms with van der Waals surface area (Å²) in [6.07, 6.45) is 4.75. The molecule has 1 unspecified atom stereocenters. The first-order valence-corrected chi connectivity index (χ1v) is 6.55. The summed E-state index contributed by atoms with van der Waals surface area (Å²) in [5, 5.41) is 10.2. The highest BCUT2D eigenvalue weighted by Gasteiger charge is 2.40. The lowest BCUT2D eigenvalue weighted by Gasteiger charge is -2.23. The summed E-state index contributed by atoms with van der Waals surface area (Å²) in [5.41, 5.74) is 0.563. The monoisotopic (exact) mass is 283 g/mol. The zero-order valence-corrected chi connectivity index (χ0v) is 11.3. The highest BCUT2D eigenvalue weighted by atomic mass is 32.2. The van der Waals surface area contributed by atoms with Crippen LogP contribution in [0.2, 0.25) is 0 Å². The van der Waals surface area contributed by atoms with Crippen molar-refractivity contribution in [1.82, 2.24) is 5.06 Å². The fourth-order valence-corrected chi connectivity index (χ4v) is 2.86. The van der Waals surface area contributed by atoms with E-state index in [1.807, 2.05) is 0 Å². The van der Waals surface area contributed by atoms with Crippen molar-refractivity contribution in [1.29, 1.82) is 0 Å². The number of carbonyl (C=O) groups excluding carboxylic acids is 2. The van der Waals surface area contributed by atoms with Gasteiger partial charge in [0.25, 0.3) is 0 Å². The fourth-order valence-electron chi connectivity index (χ4n) is 1.73. The minimum Gasteiger partial charge on any atom is -0.462 e. The number of carbonyl (C=O) groups is 2. The van der Waals surface area contributed by atoms with Gasteiger partial charge in [-0.2, -0.15) is 0 Å². The first-order valence-electron chi connectivity index (χ1n) is 5.67. The van der Waals surface area contributed by atoms with E-state index in [0.717, 1.165) is 16.8 Å². The van der Waals surface area contributed by atoms with Crippen molar-refractivity contribution < 1.29 is 24.3 Å². The number of esters is 2. The highest BCUT2D eigenvalue weighted by molar-refractivity contribution is 8.05. The predicted octanol–water partition coefficient (Wildman–Crippen LogP) is 1.54. The number of hydrogen-bond donors (Lipinski definition) is 1. The Morgan fingerprint density at radius 2 is 2.26 bits per heavy atom. The first-order chi connectivity index (χ1) is 9.04. The third-order valence-corrected chi connectivity index (χ3v) is 3.71. The standard InChI is InChI=1S/C12H13NO5S/c1-3-17-12(15)10-9(18-7(2)14)8-5-4-6-13(16)11(8)19-10/h4-6,11,16H,3H2,1-2H3. The van der Waals surface area contributed by atoms with Gasteiger partial charge in [-0.25, -0.2) is 9.86 Å². The smallest absolute Gasteiger partial charge is 0.348 e. The van der Waals surface area contributed by atoms with Crippen LogP contribution in [0.4, 0.5) is 0 Å². The van der Waals surface area contributed by atoms with Crippen LogP contribution >= 0.6 is 11.8 Å². The molecule has 0 aliphatic carbocycles. The molecule has 0 saturated carbocycles. The second kappa shape index (κ2) is 5.50. The second-order valence-corrected chi connectivity index (χ2v) is 4.88. The molecule has 0 saturated heterocycles. The number of hydroxylamine groups is 2. The Balaban J connectivity index is 2.37. The molecule has 2 aliphatic rings. The van der Waals surface area contributed by atoms with Gasteiger partial charge in [-0.3, -0.25) is 10.0 Å².